The van der Waals surface area contributed by atoms with E-state index >= 15 is 0 Å². The normalized spacial score (nSPS) is 10.6. The van der Waals surface area contributed by atoms with Gasteiger partial charge >= 0.3 is 0 Å². The van der Waals surface area contributed by atoms with Crippen molar-refractivity contribution in [3.05, 3.63) is 22.4 Å². The Morgan fingerprint density at radius 3 is 2.48 bits per heavy atom. The number of rotatable bonds is 8. The highest BCUT2D eigenvalue weighted by Crippen LogP contribution is 2.13. The fourth-order valence-corrected chi connectivity index (χ4v) is 2.55. The van der Waals surface area contributed by atoms with Gasteiger partial charge in [0.05, 0.1) is 5.54 Å². The lowest BCUT2D eigenvalue weighted by Gasteiger charge is -2.31. The number of carbonyl (C=O) groups excluding carboxylic acids is 2. The first-order valence-electron chi connectivity index (χ1n) is 6.88. The molecule has 1 aromatic rings. The molecule has 0 saturated heterocycles. The lowest BCUT2D eigenvalue weighted by atomic mass is 9.93. The summed E-state index contributed by atoms with van der Waals surface area (Å²) in [5.74, 6) is -0.222. The van der Waals surface area contributed by atoms with Crippen molar-refractivity contribution in [3.8, 4) is 0 Å². The van der Waals surface area contributed by atoms with E-state index in [-0.39, 0.29) is 36.2 Å². The van der Waals surface area contributed by atoms with Crippen molar-refractivity contribution < 1.29 is 9.59 Å². The minimum absolute atomic E-state index is 0. The summed E-state index contributed by atoms with van der Waals surface area (Å²) in [6, 6.07) is 1.76. The van der Waals surface area contributed by atoms with Gasteiger partial charge in [0.15, 0.2) is 0 Å². The second kappa shape index (κ2) is 9.76. The van der Waals surface area contributed by atoms with Gasteiger partial charge in [-0.2, -0.15) is 11.3 Å². The molecule has 1 aromatic heterocycles. The number of halogens is 1. The fourth-order valence-electron chi connectivity index (χ4n) is 1.91. The summed E-state index contributed by atoms with van der Waals surface area (Å²) in [6.07, 6.45) is 1.86. The van der Waals surface area contributed by atoms with Crippen LogP contribution in [0.3, 0.4) is 0 Å². The number of hydrogen-bond donors (Lipinski definition) is 3. The van der Waals surface area contributed by atoms with Gasteiger partial charge in [-0.3, -0.25) is 9.59 Å². The zero-order valence-electron chi connectivity index (χ0n) is 12.5. The number of nitrogens with two attached hydrogens (primary N) is 1. The third-order valence-corrected chi connectivity index (χ3v) is 4.25. The highest BCUT2D eigenvalue weighted by Gasteiger charge is 2.25. The number of thiophene rings is 1. The molecule has 0 fully saturated rings. The molecule has 0 aliphatic rings. The van der Waals surface area contributed by atoms with E-state index in [0.717, 1.165) is 12.8 Å². The Balaban J connectivity index is 0.00000400. The molecule has 120 valence electrons. The summed E-state index contributed by atoms with van der Waals surface area (Å²) in [5.41, 5.74) is 6.04. The van der Waals surface area contributed by atoms with Crippen LogP contribution in [0.1, 0.15) is 43.5 Å². The summed E-state index contributed by atoms with van der Waals surface area (Å²) < 4.78 is 0. The van der Waals surface area contributed by atoms with E-state index in [1.54, 1.807) is 11.4 Å². The molecule has 0 unspecified atom stereocenters. The highest BCUT2D eigenvalue weighted by atomic mass is 35.5. The van der Waals surface area contributed by atoms with Gasteiger partial charge in [0.1, 0.15) is 0 Å². The molecule has 0 bridgehead atoms. The lowest BCUT2D eigenvalue weighted by Crippen LogP contribution is -2.53. The molecule has 0 radical (unpaired) electrons. The Hall–Kier alpha value is -1.11. The van der Waals surface area contributed by atoms with E-state index in [1.807, 2.05) is 19.2 Å². The van der Waals surface area contributed by atoms with Gasteiger partial charge in [-0.05, 0) is 24.3 Å². The average molecular weight is 334 g/mol. The number of amides is 2. The van der Waals surface area contributed by atoms with E-state index in [2.05, 4.69) is 10.6 Å². The van der Waals surface area contributed by atoms with Crippen molar-refractivity contribution in [2.24, 2.45) is 5.73 Å². The molecule has 1 heterocycles. The first-order valence-corrected chi connectivity index (χ1v) is 7.82. The molecule has 0 saturated carbocycles. The predicted molar refractivity (Wildman–Crippen MR) is 89.0 cm³/mol. The fraction of sp³-hybridized carbons (Fsp3) is 0.571. The van der Waals surface area contributed by atoms with E-state index < -0.39 is 0 Å². The zero-order chi connectivity index (χ0) is 15.0. The molecule has 7 heteroatoms. The van der Waals surface area contributed by atoms with Crippen LogP contribution in [0.15, 0.2) is 16.8 Å². The molecular weight excluding hydrogens is 310 g/mol. The molecule has 1 rings (SSSR count). The van der Waals surface area contributed by atoms with Gasteiger partial charge in [-0.25, -0.2) is 0 Å². The first kappa shape index (κ1) is 19.9. The summed E-state index contributed by atoms with van der Waals surface area (Å²) in [5, 5.41) is 9.33. The van der Waals surface area contributed by atoms with Crippen LogP contribution in [0.5, 0.6) is 0 Å². The van der Waals surface area contributed by atoms with Crippen molar-refractivity contribution in [2.75, 3.05) is 13.1 Å². The summed E-state index contributed by atoms with van der Waals surface area (Å²) >= 11 is 1.47. The van der Waals surface area contributed by atoms with Gasteiger partial charge < -0.3 is 16.4 Å². The maximum atomic E-state index is 11.9. The van der Waals surface area contributed by atoms with E-state index in [9.17, 15) is 9.59 Å². The van der Waals surface area contributed by atoms with Gasteiger partial charge in [-0.15, -0.1) is 12.4 Å². The minimum atomic E-state index is -0.325. The number of nitrogens with one attached hydrogen (secondary N) is 2. The molecule has 0 aliphatic heterocycles. The Kier molecular flexibility index (Phi) is 9.24. The second-order valence-electron chi connectivity index (χ2n) is 4.76. The van der Waals surface area contributed by atoms with E-state index in [0.29, 0.717) is 18.7 Å². The monoisotopic (exact) mass is 333 g/mol. The largest absolute Gasteiger partial charge is 0.351 e. The molecule has 0 aromatic carbocycles. The quantitative estimate of drug-likeness (QED) is 0.679. The molecule has 4 N–H and O–H groups in total. The van der Waals surface area contributed by atoms with Crippen LogP contribution in [0, 0.1) is 0 Å². The number of hydrogen-bond acceptors (Lipinski definition) is 4. The van der Waals surface area contributed by atoms with Crippen LogP contribution >= 0.6 is 23.7 Å². The van der Waals surface area contributed by atoms with Gasteiger partial charge in [-0.1, -0.05) is 13.8 Å². The van der Waals surface area contributed by atoms with Crippen LogP contribution in [-0.2, 0) is 4.79 Å². The summed E-state index contributed by atoms with van der Waals surface area (Å²) in [6.45, 7) is 4.77. The van der Waals surface area contributed by atoms with Crippen LogP contribution in [0.4, 0.5) is 0 Å². The minimum Gasteiger partial charge on any atom is -0.351 e. The van der Waals surface area contributed by atoms with Crippen LogP contribution in [0.25, 0.3) is 0 Å². The Morgan fingerprint density at radius 2 is 2.00 bits per heavy atom. The smallest absolute Gasteiger partial charge is 0.252 e. The zero-order valence-corrected chi connectivity index (χ0v) is 14.1. The topological polar surface area (TPSA) is 84.2 Å². The Morgan fingerprint density at radius 1 is 1.33 bits per heavy atom. The Labute approximate surface area is 136 Å². The summed E-state index contributed by atoms with van der Waals surface area (Å²) in [7, 11) is 0. The second-order valence-corrected chi connectivity index (χ2v) is 5.54. The Bertz CT molecular complexity index is 425. The molecule has 0 atom stereocenters. The third kappa shape index (κ3) is 6.03. The van der Waals surface area contributed by atoms with Crippen molar-refractivity contribution in [3.63, 3.8) is 0 Å². The van der Waals surface area contributed by atoms with Gasteiger partial charge in [0.25, 0.3) is 5.91 Å². The van der Waals surface area contributed by atoms with Crippen molar-refractivity contribution in [2.45, 2.75) is 38.6 Å². The van der Waals surface area contributed by atoms with Crippen molar-refractivity contribution >= 4 is 35.6 Å². The average Bonchev–Trinajstić information content (AvgIpc) is 2.99. The maximum absolute atomic E-state index is 11.9. The molecule has 5 nitrogen and oxygen atoms in total. The van der Waals surface area contributed by atoms with E-state index in [4.69, 9.17) is 5.73 Å². The van der Waals surface area contributed by atoms with Crippen LogP contribution < -0.4 is 16.4 Å². The molecule has 0 aliphatic carbocycles. The number of carbonyl (C=O) groups is 2. The molecule has 0 spiro atoms. The van der Waals surface area contributed by atoms with Crippen molar-refractivity contribution in [1.29, 1.82) is 0 Å². The van der Waals surface area contributed by atoms with Gasteiger partial charge in [0.2, 0.25) is 5.91 Å². The maximum Gasteiger partial charge on any atom is 0.252 e. The molecular formula is C14H24ClN3O2S. The summed E-state index contributed by atoms with van der Waals surface area (Å²) in [4.78, 5) is 23.6. The van der Waals surface area contributed by atoms with Crippen LogP contribution in [0.2, 0.25) is 0 Å². The molecule has 2 amide bonds. The standard InChI is InChI=1S/C14H23N3O2S.ClH/c1-3-14(4-2,10-15)17-12(18)5-7-16-13(19)11-6-8-20-9-11;/h6,8-9H,3-5,7,10,15H2,1-2H3,(H,16,19)(H,17,18);1H. The SMILES string of the molecule is CCC(CC)(CN)NC(=O)CCNC(=O)c1ccsc1.Cl. The van der Waals surface area contributed by atoms with E-state index in [1.165, 1.54) is 11.3 Å². The molecule has 21 heavy (non-hydrogen) atoms. The van der Waals surface area contributed by atoms with Gasteiger partial charge in [0, 0.05) is 30.5 Å². The third-order valence-electron chi connectivity index (χ3n) is 3.57. The first-order chi connectivity index (χ1) is 9.56. The predicted octanol–water partition coefficient (Wildman–Crippen LogP) is 1.92. The lowest BCUT2D eigenvalue weighted by molar-refractivity contribution is -0.122. The van der Waals surface area contributed by atoms with Crippen molar-refractivity contribution in [1.82, 2.24) is 10.6 Å². The van der Waals surface area contributed by atoms with Crippen LogP contribution in [-0.4, -0.2) is 30.4 Å². The highest BCUT2D eigenvalue weighted by molar-refractivity contribution is 7.08.